The van der Waals surface area contributed by atoms with Gasteiger partial charge in [-0.25, -0.2) is 0 Å². The summed E-state index contributed by atoms with van der Waals surface area (Å²) in [6, 6.07) is 13.1. The molecule has 0 unspecified atom stereocenters. The van der Waals surface area contributed by atoms with Crippen LogP contribution in [0.3, 0.4) is 0 Å². The second-order valence-electron chi connectivity index (χ2n) is 6.05. The average Bonchev–Trinajstić information content (AvgIpc) is 2.59. The maximum atomic E-state index is 12.3. The first-order valence-electron chi connectivity index (χ1n) is 8.23. The van der Waals surface area contributed by atoms with Crippen LogP contribution in [-0.4, -0.2) is 37.1 Å². The highest BCUT2D eigenvalue weighted by Crippen LogP contribution is 2.22. The van der Waals surface area contributed by atoms with E-state index >= 15 is 0 Å². The molecule has 0 bridgehead atoms. The number of hydrogen-bond donors (Lipinski definition) is 1. The van der Waals surface area contributed by atoms with Gasteiger partial charge in [0.25, 0.3) is 0 Å². The third-order valence-corrected chi connectivity index (χ3v) is 4.67. The summed E-state index contributed by atoms with van der Waals surface area (Å²) in [5.41, 5.74) is 2.72. The highest BCUT2D eigenvalue weighted by Gasteiger charge is 2.12. The van der Waals surface area contributed by atoms with E-state index in [1.807, 2.05) is 18.2 Å². The Hall–Kier alpha value is -1.59. The summed E-state index contributed by atoms with van der Waals surface area (Å²) in [5, 5.41) is 4.00. The lowest BCUT2D eigenvalue weighted by Crippen LogP contribution is -2.35. The number of ether oxygens (including phenoxy) is 1. The Morgan fingerprint density at radius 1 is 1.12 bits per heavy atom. The van der Waals surface area contributed by atoms with Gasteiger partial charge >= 0.3 is 0 Å². The third kappa shape index (κ3) is 5.44. The number of benzene rings is 2. The third-order valence-electron chi connectivity index (χ3n) is 4.09. The predicted octanol–water partition coefficient (Wildman–Crippen LogP) is 4.01. The van der Waals surface area contributed by atoms with E-state index in [1.54, 1.807) is 18.2 Å². The molecule has 0 spiro atoms. The Bertz CT molecular complexity index is 746. The lowest BCUT2D eigenvalue weighted by molar-refractivity contribution is -0.115. The van der Waals surface area contributed by atoms with Crippen LogP contribution in [0.1, 0.15) is 11.1 Å². The molecule has 25 heavy (non-hydrogen) atoms. The summed E-state index contributed by atoms with van der Waals surface area (Å²) in [4.78, 5) is 14.6. The van der Waals surface area contributed by atoms with Crippen LogP contribution in [0.25, 0.3) is 0 Å². The monoisotopic (exact) mass is 378 g/mol. The van der Waals surface area contributed by atoms with E-state index in [0.29, 0.717) is 10.0 Å². The van der Waals surface area contributed by atoms with Crippen molar-refractivity contribution in [3.05, 3.63) is 63.6 Å². The van der Waals surface area contributed by atoms with E-state index in [2.05, 4.69) is 16.3 Å². The van der Waals surface area contributed by atoms with Gasteiger partial charge in [-0.1, -0.05) is 41.4 Å². The normalized spacial score (nSPS) is 15.1. The van der Waals surface area contributed by atoms with Crippen LogP contribution in [0, 0.1) is 0 Å². The van der Waals surface area contributed by atoms with Crippen LogP contribution < -0.4 is 5.32 Å². The van der Waals surface area contributed by atoms with Crippen molar-refractivity contribution in [2.45, 2.75) is 13.0 Å². The second-order valence-corrected chi connectivity index (χ2v) is 6.89. The molecular weight excluding hydrogens is 359 g/mol. The number of nitrogens with one attached hydrogen (secondary N) is 1. The number of halogens is 2. The molecule has 0 saturated carbocycles. The molecule has 1 N–H and O–H groups in total. The summed E-state index contributed by atoms with van der Waals surface area (Å²) < 4.78 is 5.37. The van der Waals surface area contributed by atoms with Gasteiger partial charge < -0.3 is 10.1 Å². The van der Waals surface area contributed by atoms with Crippen molar-refractivity contribution in [1.82, 2.24) is 4.90 Å². The number of hydrogen-bond acceptors (Lipinski definition) is 3. The molecule has 0 atom stereocenters. The lowest BCUT2D eigenvalue weighted by Gasteiger charge is -2.26. The van der Waals surface area contributed by atoms with E-state index in [-0.39, 0.29) is 12.3 Å². The number of rotatable bonds is 5. The smallest absolute Gasteiger partial charge is 0.228 e. The van der Waals surface area contributed by atoms with Crippen molar-refractivity contribution in [2.24, 2.45) is 0 Å². The van der Waals surface area contributed by atoms with E-state index in [9.17, 15) is 4.79 Å². The zero-order chi connectivity index (χ0) is 17.6. The minimum absolute atomic E-state index is 0.104. The van der Waals surface area contributed by atoms with Gasteiger partial charge in [0.1, 0.15) is 0 Å². The summed E-state index contributed by atoms with van der Waals surface area (Å²) in [6.07, 6.45) is 0.212. The summed E-state index contributed by atoms with van der Waals surface area (Å²) in [5.74, 6) is -0.104. The highest BCUT2D eigenvalue weighted by atomic mass is 35.5. The van der Waals surface area contributed by atoms with E-state index in [4.69, 9.17) is 27.9 Å². The Labute approximate surface area is 157 Å². The van der Waals surface area contributed by atoms with Crippen molar-refractivity contribution >= 4 is 34.8 Å². The molecule has 0 aliphatic carbocycles. The van der Waals surface area contributed by atoms with Crippen molar-refractivity contribution in [2.75, 3.05) is 31.6 Å². The number of nitrogens with zero attached hydrogens (tertiary/aromatic N) is 1. The molecule has 3 rings (SSSR count). The fraction of sp³-hybridized carbons (Fsp3) is 0.316. The van der Waals surface area contributed by atoms with Gasteiger partial charge in [0, 0.05) is 35.4 Å². The van der Waals surface area contributed by atoms with Crippen LogP contribution in [0.15, 0.2) is 42.5 Å². The first-order chi connectivity index (χ1) is 12.1. The molecule has 0 radical (unpaired) electrons. The van der Waals surface area contributed by atoms with Gasteiger partial charge in [0.15, 0.2) is 0 Å². The van der Waals surface area contributed by atoms with Gasteiger partial charge in [0.2, 0.25) is 5.91 Å². The van der Waals surface area contributed by atoms with Crippen LogP contribution in [0.5, 0.6) is 0 Å². The van der Waals surface area contributed by atoms with Crippen LogP contribution >= 0.6 is 23.2 Å². The van der Waals surface area contributed by atoms with Gasteiger partial charge in [0.05, 0.1) is 19.6 Å². The molecule has 1 heterocycles. The van der Waals surface area contributed by atoms with Gasteiger partial charge in [-0.3, -0.25) is 9.69 Å². The molecule has 132 valence electrons. The van der Waals surface area contributed by atoms with Crippen molar-refractivity contribution < 1.29 is 9.53 Å². The molecule has 4 nitrogen and oxygen atoms in total. The molecule has 0 aromatic heterocycles. The number of carbonyl (C=O) groups is 1. The highest BCUT2D eigenvalue weighted by molar-refractivity contribution is 6.35. The largest absolute Gasteiger partial charge is 0.379 e. The van der Waals surface area contributed by atoms with E-state index in [1.165, 1.54) is 5.56 Å². The lowest BCUT2D eigenvalue weighted by atomic mass is 10.1. The quantitative estimate of drug-likeness (QED) is 0.854. The standard InChI is InChI=1S/C19H20Cl2N2O2/c20-16-5-4-15(18(21)12-16)11-19(24)22-17-3-1-2-14(10-17)13-23-6-8-25-9-7-23/h1-5,10,12H,6-9,11,13H2,(H,22,24). The Morgan fingerprint density at radius 2 is 1.92 bits per heavy atom. The molecule has 1 saturated heterocycles. The van der Waals surface area contributed by atoms with Crippen LogP contribution in [0.2, 0.25) is 10.0 Å². The molecule has 2 aromatic rings. The first kappa shape index (κ1) is 18.2. The summed E-state index contributed by atoms with van der Waals surface area (Å²) >= 11 is 12.0. The fourth-order valence-electron chi connectivity index (χ4n) is 2.81. The summed E-state index contributed by atoms with van der Waals surface area (Å²) in [6.45, 7) is 4.28. The molecule has 2 aromatic carbocycles. The van der Waals surface area contributed by atoms with Gasteiger partial charge in [-0.2, -0.15) is 0 Å². The Morgan fingerprint density at radius 3 is 2.68 bits per heavy atom. The molecular formula is C19H20Cl2N2O2. The minimum Gasteiger partial charge on any atom is -0.379 e. The van der Waals surface area contributed by atoms with Crippen LogP contribution in [0.4, 0.5) is 5.69 Å². The molecule has 6 heteroatoms. The Balaban J connectivity index is 1.60. The first-order valence-corrected chi connectivity index (χ1v) is 8.98. The minimum atomic E-state index is -0.104. The molecule has 1 aliphatic heterocycles. The van der Waals surface area contributed by atoms with E-state index in [0.717, 1.165) is 44.1 Å². The topological polar surface area (TPSA) is 41.6 Å². The molecule has 1 amide bonds. The van der Waals surface area contributed by atoms with Crippen molar-refractivity contribution in [1.29, 1.82) is 0 Å². The Kier molecular flexibility index (Phi) is 6.32. The zero-order valence-electron chi connectivity index (χ0n) is 13.8. The molecule has 1 aliphatic rings. The fourth-order valence-corrected chi connectivity index (χ4v) is 3.28. The van der Waals surface area contributed by atoms with Gasteiger partial charge in [-0.05, 0) is 35.4 Å². The second kappa shape index (κ2) is 8.68. The van der Waals surface area contributed by atoms with Crippen molar-refractivity contribution in [3.63, 3.8) is 0 Å². The number of anilines is 1. The number of morpholine rings is 1. The average molecular weight is 379 g/mol. The SMILES string of the molecule is O=C(Cc1ccc(Cl)cc1Cl)Nc1cccc(CN2CCOCC2)c1. The number of carbonyl (C=O) groups excluding carboxylic acids is 1. The maximum absolute atomic E-state index is 12.3. The zero-order valence-corrected chi connectivity index (χ0v) is 15.3. The van der Waals surface area contributed by atoms with Crippen molar-refractivity contribution in [3.8, 4) is 0 Å². The summed E-state index contributed by atoms with van der Waals surface area (Å²) in [7, 11) is 0. The maximum Gasteiger partial charge on any atom is 0.228 e. The molecule has 1 fully saturated rings. The van der Waals surface area contributed by atoms with E-state index < -0.39 is 0 Å². The van der Waals surface area contributed by atoms with Crippen LogP contribution in [-0.2, 0) is 22.5 Å². The predicted molar refractivity (Wildman–Crippen MR) is 101 cm³/mol. The van der Waals surface area contributed by atoms with Gasteiger partial charge in [-0.15, -0.1) is 0 Å². The number of amides is 1.